The highest BCUT2D eigenvalue weighted by Crippen LogP contribution is 2.14. The fourth-order valence-corrected chi connectivity index (χ4v) is 1.68. The van der Waals surface area contributed by atoms with Crippen LogP contribution in [-0.2, 0) is 13.6 Å². The van der Waals surface area contributed by atoms with Crippen LogP contribution in [0.1, 0.15) is 17.1 Å². The van der Waals surface area contributed by atoms with E-state index in [4.69, 9.17) is 18.0 Å². The lowest BCUT2D eigenvalue weighted by Crippen LogP contribution is -2.15. The molecule has 0 saturated heterocycles. The third kappa shape index (κ3) is 2.62. The SMILES string of the molecule is Cc1ccc(C(N)=S)c(NCc2nncn2C)n1. The number of rotatable bonds is 4. The van der Waals surface area contributed by atoms with E-state index in [1.54, 1.807) is 6.33 Å². The Balaban J connectivity index is 2.20. The van der Waals surface area contributed by atoms with Crippen LogP contribution in [0.3, 0.4) is 0 Å². The van der Waals surface area contributed by atoms with Gasteiger partial charge in [0, 0.05) is 12.7 Å². The van der Waals surface area contributed by atoms with E-state index >= 15 is 0 Å². The van der Waals surface area contributed by atoms with E-state index < -0.39 is 0 Å². The van der Waals surface area contributed by atoms with Gasteiger partial charge in [-0.3, -0.25) is 0 Å². The predicted octanol–water partition coefficient (Wildman–Crippen LogP) is 0.765. The van der Waals surface area contributed by atoms with Gasteiger partial charge >= 0.3 is 0 Å². The summed E-state index contributed by atoms with van der Waals surface area (Å²) in [4.78, 5) is 4.71. The summed E-state index contributed by atoms with van der Waals surface area (Å²) >= 11 is 5.00. The van der Waals surface area contributed by atoms with Crippen molar-refractivity contribution in [3.8, 4) is 0 Å². The molecule has 0 unspecified atom stereocenters. The van der Waals surface area contributed by atoms with Crippen LogP contribution >= 0.6 is 12.2 Å². The van der Waals surface area contributed by atoms with E-state index in [9.17, 15) is 0 Å². The van der Waals surface area contributed by atoms with Gasteiger partial charge in [-0.25, -0.2) is 4.98 Å². The van der Waals surface area contributed by atoms with Gasteiger partial charge in [-0.2, -0.15) is 0 Å². The van der Waals surface area contributed by atoms with Crippen LogP contribution in [-0.4, -0.2) is 24.7 Å². The van der Waals surface area contributed by atoms with E-state index in [-0.39, 0.29) is 0 Å². The molecule has 6 nitrogen and oxygen atoms in total. The number of thiocarbonyl (C=S) groups is 1. The number of hydrogen-bond donors (Lipinski definition) is 2. The molecule has 0 saturated carbocycles. The molecule has 0 atom stereocenters. The standard InChI is InChI=1S/C11H14N6S/c1-7-3-4-8(10(12)18)11(15-7)13-5-9-16-14-6-17(9)2/h3-4,6H,5H2,1-2H3,(H2,12,18)(H,13,15). The molecule has 0 bridgehead atoms. The first-order valence-electron chi connectivity index (χ1n) is 5.42. The van der Waals surface area contributed by atoms with Crippen LogP contribution in [0.2, 0.25) is 0 Å². The van der Waals surface area contributed by atoms with E-state index in [0.29, 0.717) is 17.4 Å². The highest BCUT2D eigenvalue weighted by Gasteiger charge is 2.08. The number of pyridine rings is 1. The predicted molar refractivity (Wildman–Crippen MR) is 73.2 cm³/mol. The van der Waals surface area contributed by atoms with Gasteiger partial charge in [0.25, 0.3) is 0 Å². The zero-order valence-electron chi connectivity index (χ0n) is 10.2. The third-order valence-electron chi connectivity index (χ3n) is 2.52. The van der Waals surface area contributed by atoms with Crippen LogP contribution in [0.5, 0.6) is 0 Å². The number of aromatic nitrogens is 4. The second kappa shape index (κ2) is 5.09. The largest absolute Gasteiger partial charge is 0.389 e. The van der Waals surface area contributed by atoms with E-state index in [2.05, 4.69) is 20.5 Å². The van der Waals surface area contributed by atoms with Gasteiger partial charge in [0.2, 0.25) is 0 Å². The first kappa shape index (κ1) is 12.4. The zero-order chi connectivity index (χ0) is 13.1. The average Bonchev–Trinajstić information content (AvgIpc) is 2.72. The fraction of sp³-hybridized carbons (Fsp3) is 0.273. The number of nitrogens with one attached hydrogen (secondary N) is 1. The van der Waals surface area contributed by atoms with Gasteiger partial charge in [0.15, 0.2) is 5.82 Å². The summed E-state index contributed by atoms with van der Waals surface area (Å²) in [5.74, 6) is 1.48. The molecule has 0 aliphatic carbocycles. The van der Waals surface area contributed by atoms with Crippen molar-refractivity contribution >= 4 is 23.0 Å². The van der Waals surface area contributed by atoms with Crippen molar-refractivity contribution in [1.29, 1.82) is 0 Å². The Morgan fingerprint density at radius 2 is 2.28 bits per heavy atom. The zero-order valence-corrected chi connectivity index (χ0v) is 11.0. The van der Waals surface area contributed by atoms with Gasteiger partial charge < -0.3 is 15.6 Å². The second-order valence-corrected chi connectivity index (χ2v) is 4.36. The van der Waals surface area contributed by atoms with E-state index in [1.807, 2.05) is 30.7 Å². The molecular formula is C11H14N6S. The normalized spacial score (nSPS) is 10.3. The Bertz CT molecular complexity index is 577. The minimum absolute atomic E-state index is 0.322. The van der Waals surface area contributed by atoms with E-state index in [0.717, 1.165) is 17.1 Å². The number of aryl methyl sites for hydroxylation is 2. The van der Waals surface area contributed by atoms with Crippen LogP contribution in [0.25, 0.3) is 0 Å². The van der Waals surface area contributed by atoms with Gasteiger partial charge in [-0.05, 0) is 19.1 Å². The Labute approximate surface area is 110 Å². The summed E-state index contributed by atoms with van der Waals surface area (Å²) in [5.41, 5.74) is 7.29. The summed E-state index contributed by atoms with van der Waals surface area (Å²) in [6, 6.07) is 3.74. The van der Waals surface area contributed by atoms with Gasteiger partial charge in [0.1, 0.15) is 17.1 Å². The molecule has 0 spiro atoms. The Morgan fingerprint density at radius 1 is 1.50 bits per heavy atom. The van der Waals surface area contributed by atoms with Crippen LogP contribution < -0.4 is 11.1 Å². The molecule has 7 heteroatoms. The first-order chi connectivity index (χ1) is 8.58. The highest BCUT2D eigenvalue weighted by atomic mass is 32.1. The molecule has 2 rings (SSSR count). The Morgan fingerprint density at radius 3 is 2.89 bits per heavy atom. The molecule has 18 heavy (non-hydrogen) atoms. The maximum Gasteiger partial charge on any atom is 0.151 e. The minimum atomic E-state index is 0.322. The number of hydrogen-bond acceptors (Lipinski definition) is 5. The number of nitrogens with two attached hydrogens (primary N) is 1. The van der Waals surface area contributed by atoms with Crippen molar-refractivity contribution in [2.45, 2.75) is 13.5 Å². The smallest absolute Gasteiger partial charge is 0.151 e. The van der Waals surface area contributed by atoms with Crippen molar-refractivity contribution in [2.75, 3.05) is 5.32 Å². The molecule has 2 heterocycles. The maximum atomic E-state index is 5.66. The van der Waals surface area contributed by atoms with Crippen LogP contribution in [0.15, 0.2) is 18.5 Å². The Kier molecular flexibility index (Phi) is 3.52. The molecule has 3 N–H and O–H groups in total. The Hall–Kier alpha value is -2.02. The molecule has 2 aromatic rings. The van der Waals surface area contributed by atoms with Crippen molar-refractivity contribution in [1.82, 2.24) is 19.7 Å². The van der Waals surface area contributed by atoms with Crippen LogP contribution in [0, 0.1) is 6.92 Å². The summed E-state index contributed by atoms with van der Waals surface area (Å²) in [6.45, 7) is 2.43. The van der Waals surface area contributed by atoms with Gasteiger partial charge in [0.05, 0.1) is 12.1 Å². The molecular weight excluding hydrogens is 248 g/mol. The monoisotopic (exact) mass is 262 g/mol. The lowest BCUT2D eigenvalue weighted by atomic mass is 10.2. The van der Waals surface area contributed by atoms with Crippen molar-refractivity contribution in [3.63, 3.8) is 0 Å². The fourth-order valence-electron chi connectivity index (χ4n) is 1.52. The molecule has 0 radical (unpaired) electrons. The topological polar surface area (TPSA) is 81.6 Å². The number of anilines is 1. The number of nitrogens with zero attached hydrogens (tertiary/aromatic N) is 4. The summed E-state index contributed by atoms with van der Waals surface area (Å²) in [7, 11) is 1.88. The lowest BCUT2D eigenvalue weighted by Gasteiger charge is -2.10. The molecule has 0 aliphatic heterocycles. The molecule has 0 amide bonds. The van der Waals surface area contributed by atoms with Crippen molar-refractivity contribution in [3.05, 3.63) is 35.5 Å². The van der Waals surface area contributed by atoms with Crippen molar-refractivity contribution < 1.29 is 0 Å². The van der Waals surface area contributed by atoms with Gasteiger partial charge in [-0.15, -0.1) is 10.2 Å². The maximum absolute atomic E-state index is 5.66. The molecule has 2 aromatic heterocycles. The van der Waals surface area contributed by atoms with Gasteiger partial charge in [-0.1, -0.05) is 12.2 Å². The van der Waals surface area contributed by atoms with Crippen molar-refractivity contribution in [2.24, 2.45) is 12.8 Å². The summed E-state index contributed by atoms with van der Waals surface area (Å²) in [6.07, 6.45) is 1.65. The molecule has 94 valence electrons. The quantitative estimate of drug-likeness (QED) is 0.792. The first-order valence-corrected chi connectivity index (χ1v) is 5.83. The summed E-state index contributed by atoms with van der Waals surface area (Å²) in [5, 5.41) is 11.0. The minimum Gasteiger partial charge on any atom is -0.389 e. The molecule has 0 fully saturated rings. The molecule has 0 aliphatic rings. The third-order valence-corrected chi connectivity index (χ3v) is 2.74. The average molecular weight is 262 g/mol. The highest BCUT2D eigenvalue weighted by molar-refractivity contribution is 7.80. The molecule has 0 aromatic carbocycles. The van der Waals surface area contributed by atoms with Crippen LogP contribution in [0.4, 0.5) is 5.82 Å². The van der Waals surface area contributed by atoms with E-state index in [1.165, 1.54) is 0 Å². The second-order valence-electron chi connectivity index (χ2n) is 3.92. The summed E-state index contributed by atoms with van der Waals surface area (Å²) < 4.78 is 1.84. The lowest BCUT2D eigenvalue weighted by molar-refractivity contribution is 0.809.